The van der Waals surface area contributed by atoms with Crippen LogP contribution in [0.5, 0.6) is 5.75 Å². The molecule has 0 N–H and O–H groups in total. The summed E-state index contributed by atoms with van der Waals surface area (Å²) in [5, 5.41) is 4.23. The maximum Gasteiger partial charge on any atom is 0.219 e. The van der Waals surface area contributed by atoms with Gasteiger partial charge in [-0.1, -0.05) is 12.1 Å². The van der Waals surface area contributed by atoms with Crippen molar-refractivity contribution in [3.63, 3.8) is 0 Å². The highest BCUT2D eigenvalue weighted by atomic mass is 32.1. The smallest absolute Gasteiger partial charge is 0.219 e. The Bertz CT molecular complexity index is 584. The lowest BCUT2D eigenvalue weighted by Crippen LogP contribution is -2.40. The molecule has 1 amide bonds. The van der Waals surface area contributed by atoms with Crippen LogP contribution in [0.25, 0.3) is 11.1 Å². The van der Waals surface area contributed by atoms with Gasteiger partial charge in [-0.15, -0.1) is 0 Å². The summed E-state index contributed by atoms with van der Waals surface area (Å²) in [6.07, 6.45) is 2.03. The number of carbonyl (C=O) groups is 1. The van der Waals surface area contributed by atoms with Crippen molar-refractivity contribution in [2.75, 3.05) is 13.1 Å². The molecule has 3 rings (SSSR count). The number of rotatable bonds is 3. The topological polar surface area (TPSA) is 29.5 Å². The summed E-state index contributed by atoms with van der Waals surface area (Å²) in [7, 11) is 0. The average Bonchev–Trinajstić information content (AvgIpc) is 3.03. The van der Waals surface area contributed by atoms with Gasteiger partial charge < -0.3 is 9.64 Å². The molecule has 2 aromatic rings. The number of carbonyl (C=O) groups excluding carboxylic acids is 1. The molecule has 21 heavy (non-hydrogen) atoms. The number of amides is 1. The Morgan fingerprint density at radius 3 is 2.43 bits per heavy atom. The number of ether oxygens (including phenoxy) is 1. The van der Waals surface area contributed by atoms with Gasteiger partial charge in [0.05, 0.1) is 0 Å². The molecular formula is C17H19NO2S. The molecule has 0 unspecified atom stereocenters. The van der Waals surface area contributed by atoms with Crippen LogP contribution in [0.15, 0.2) is 41.1 Å². The SMILES string of the molecule is CC(=O)N1CCC(Oc2ccc(-c3ccsc3)cc2)CC1. The van der Waals surface area contributed by atoms with Crippen molar-refractivity contribution in [2.45, 2.75) is 25.9 Å². The van der Waals surface area contributed by atoms with Crippen LogP contribution >= 0.6 is 11.3 Å². The second kappa shape index (κ2) is 6.31. The van der Waals surface area contributed by atoms with E-state index in [1.54, 1.807) is 18.3 Å². The predicted molar refractivity (Wildman–Crippen MR) is 85.7 cm³/mol. The van der Waals surface area contributed by atoms with Crippen LogP contribution in [0.3, 0.4) is 0 Å². The van der Waals surface area contributed by atoms with Crippen LogP contribution in [0.4, 0.5) is 0 Å². The first-order valence-corrected chi connectivity index (χ1v) is 8.21. The van der Waals surface area contributed by atoms with E-state index in [-0.39, 0.29) is 12.0 Å². The van der Waals surface area contributed by atoms with Crippen LogP contribution in [-0.4, -0.2) is 30.0 Å². The highest BCUT2D eigenvalue weighted by Crippen LogP contribution is 2.26. The monoisotopic (exact) mass is 301 g/mol. The molecule has 1 aromatic carbocycles. The normalized spacial score (nSPS) is 16.0. The lowest BCUT2D eigenvalue weighted by molar-refractivity contribution is -0.130. The Balaban J connectivity index is 1.58. The molecule has 1 aromatic heterocycles. The van der Waals surface area contributed by atoms with Crippen molar-refractivity contribution in [1.82, 2.24) is 4.90 Å². The lowest BCUT2D eigenvalue weighted by atomic mass is 10.1. The summed E-state index contributed by atoms with van der Waals surface area (Å²) in [5.41, 5.74) is 2.47. The van der Waals surface area contributed by atoms with E-state index in [4.69, 9.17) is 4.74 Å². The fourth-order valence-electron chi connectivity index (χ4n) is 2.64. The van der Waals surface area contributed by atoms with Crippen molar-refractivity contribution in [3.8, 4) is 16.9 Å². The maximum atomic E-state index is 11.3. The van der Waals surface area contributed by atoms with Crippen LogP contribution in [-0.2, 0) is 4.79 Å². The number of piperidine rings is 1. The van der Waals surface area contributed by atoms with Gasteiger partial charge >= 0.3 is 0 Å². The number of hydrogen-bond acceptors (Lipinski definition) is 3. The summed E-state index contributed by atoms with van der Waals surface area (Å²) < 4.78 is 6.02. The van der Waals surface area contributed by atoms with E-state index in [0.29, 0.717) is 0 Å². The van der Waals surface area contributed by atoms with Gasteiger partial charge in [0.2, 0.25) is 5.91 Å². The number of likely N-dealkylation sites (tertiary alicyclic amines) is 1. The van der Waals surface area contributed by atoms with Gasteiger partial charge in [0.15, 0.2) is 0 Å². The molecule has 0 radical (unpaired) electrons. The minimum atomic E-state index is 0.161. The summed E-state index contributed by atoms with van der Waals surface area (Å²) >= 11 is 1.71. The molecule has 0 atom stereocenters. The largest absolute Gasteiger partial charge is 0.490 e. The van der Waals surface area contributed by atoms with Crippen molar-refractivity contribution in [1.29, 1.82) is 0 Å². The zero-order chi connectivity index (χ0) is 14.7. The van der Waals surface area contributed by atoms with Crippen molar-refractivity contribution in [2.24, 2.45) is 0 Å². The van der Waals surface area contributed by atoms with E-state index in [9.17, 15) is 4.79 Å². The molecule has 3 nitrogen and oxygen atoms in total. The summed E-state index contributed by atoms with van der Waals surface area (Å²) in [4.78, 5) is 13.2. The second-order valence-corrected chi connectivity index (χ2v) is 6.14. The first-order valence-electron chi connectivity index (χ1n) is 7.27. The Morgan fingerprint density at radius 2 is 1.86 bits per heavy atom. The van der Waals surface area contributed by atoms with Crippen molar-refractivity contribution in [3.05, 3.63) is 41.1 Å². The van der Waals surface area contributed by atoms with Gasteiger partial charge in [-0.05, 0) is 40.1 Å². The van der Waals surface area contributed by atoms with Crippen LogP contribution in [0.2, 0.25) is 0 Å². The van der Waals surface area contributed by atoms with E-state index < -0.39 is 0 Å². The van der Waals surface area contributed by atoms with Crippen molar-refractivity contribution >= 4 is 17.2 Å². The lowest BCUT2D eigenvalue weighted by Gasteiger charge is -2.31. The third-order valence-electron chi connectivity index (χ3n) is 3.90. The van der Waals surface area contributed by atoms with Crippen molar-refractivity contribution < 1.29 is 9.53 Å². The molecule has 1 aliphatic rings. The molecular weight excluding hydrogens is 282 g/mol. The van der Waals surface area contributed by atoms with Crippen LogP contribution in [0, 0.1) is 0 Å². The van der Waals surface area contributed by atoms with Gasteiger partial charge in [0, 0.05) is 32.9 Å². The predicted octanol–water partition coefficient (Wildman–Crippen LogP) is 3.80. The molecule has 0 saturated carbocycles. The zero-order valence-corrected chi connectivity index (χ0v) is 12.9. The highest BCUT2D eigenvalue weighted by Gasteiger charge is 2.21. The number of thiophene rings is 1. The van der Waals surface area contributed by atoms with Gasteiger partial charge in [0.25, 0.3) is 0 Å². The zero-order valence-electron chi connectivity index (χ0n) is 12.1. The quantitative estimate of drug-likeness (QED) is 0.863. The molecule has 0 bridgehead atoms. The Kier molecular flexibility index (Phi) is 4.25. The van der Waals surface area contributed by atoms with Gasteiger partial charge in [-0.2, -0.15) is 11.3 Å². The highest BCUT2D eigenvalue weighted by molar-refractivity contribution is 7.08. The fraction of sp³-hybridized carbons (Fsp3) is 0.353. The molecule has 0 spiro atoms. The summed E-state index contributed by atoms with van der Waals surface area (Å²) in [6.45, 7) is 3.23. The number of hydrogen-bond donors (Lipinski definition) is 0. The molecule has 1 aliphatic heterocycles. The second-order valence-electron chi connectivity index (χ2n) is 5.36. The maximum absolute atomic E-state index is 11.3. The standard InChI is InChI=1S/C17H19NO2S/c1-13(19)18-9-6-17(7-10-18)20-16-4-2-14(3-5-16)15-8-11-21-12-15/h2-5,8,11-12,17H,6-7,9-10H2,1H3. The van der Waals surface area contributed by atoms with Crippen LogP contribution < -0.4 is 4.74 Å². The minimum absolute atomic E-state index is 0.161. The molecule has 110 valence electrons. The summed E-state index contributed by atoms with van der Waals surface area (Å²) in [5.74, 6) is 1.07. The molecule has 1 fully saturated rings. The molecule has 1 saturated heterocycles. The fourth-order valence-corrected chi connectivity index (χ4v) is 3.30. The molecule has 4 heteroatoms. The third kappa shape index (κ3) is 3.45. The average molecular weight is 301 g/mol. The minimum Gasteiger partial charge on any atom is -0.490 e. The van der Waals surface area contributed by atoms with Gasteiger partial charge in [0.1, 0.15) is 11.9 Å². The van der Waals surface area contributed by atoms with E-state index in [2.05, 4.69) is 29.0 Å². The van der Waals surface area contributed by atoms with Gasteiger partial charge in [-0.25, -0.2) is 0 Å². The Labute approximate surface area is 129 Å². The van der Waals surface area contributed by atoms with Crippen LogP contribution in [0.1, 0.15) is 19.8 Å². The number of benzene rings is 1. The summed E-state index contributed by atoms with van der Waals surface area (Å²) in [6, 6.07) is 10.4. The van der Waals surface area contributed by atoms with E-state index in [0.717, 1.165) is 31.7 Å². The molecule has 2 heterocycles. The number of nitrogens with zero attached hydrogens (tertiary/aromatic N) is 1. The van der Waals surface area contributed by atoms with E-state index in [1.165, 1.54) is 11.1 Å². The van der Waals surface area contributed by atoms with Gasteiger partial charge in [-0.3, -0.25) is 4.79 Å². The van der Waals surface area contributed by atoms with E-state index in [1.807, 2.05) is 17.0 Å². The third-order valence-corrected chi connectivity index (χ3v) is 4.58. The first-order chi connectivity index (χ1) is 10.2. The molecule has 0 aliphatic carbocycles. The van der Waals surface area contributed by atoms with E-state index >= 15 is 0 Å². The Morgan fingerprint density at radius 1 is 1.14 bits per heavy atom. The Hall–Kier alpha value is -1.81. The first kappa shape index (κ1) is 14.1.